The standard InChI is InChI=1S/C23H34.C4H8.2C2H6.CH4/c1-6-23-14-7-13-21(3,4)20(23)11-9-17-18-10-8-16(2)22(18,5)15-12-19(17)23;1-4(2)3;2*1-2;/h6,10,16,20H,1,7-9,11-15H2,2-5H3;1H2,2-3H3;2*1-2H3;1H4. The predicted octanol–water partition coefficient (Wildman–Crippen LogP) is 11.1. The van der Waals surface area contributed by atoms with Crippen molar-refractivity contribution in [2.45, 2.75) is 128 Å². The summed E-state index contributed by atoms with van der Waals surface area (Å²) in [4.78, 5) is 0. The number of fused-ring (bicyclic) bond motifs is 4. The van der Waals surface area contributed by atoms with Crippen LogP contribution >= 0.6 is 0 Å². The minimum Gasteiger partial charge on any atom is -0.102 e. The maximum atomic E-state index is 4.38. The van der Waals surface area contributed by atoms with E-state index in [0.717, 1.165) is 11.8 Å². The van der Waals surface area contributed by atoms with Gasteiger partial charge in [0.2, 0.25) is 0 Å². The van der Waals surface area contributed by atoms with E-state index in [1.807, 2.05) is 47.1 Å². The van der Waals surface area contributed by atoms with E-state index in [1.165, 1.54) is 56.9 Å². The molecule has 1 saturated carbocycles. The molecule has 4 aliphatic carbocycles. The van der Waals surface area contributed by atoms with E-state index in [0.29, 0.717) is 16.2 Å². The van der Waals surface area contributed by atoms with Crippen molar-refractivity contribution in [3.63, 3.8) is 0 Å². The van der Waals surface area contributed by atoms with Gasteiger partial charge in [-0.05, 0) is 92.6 Å². The molecule has 0 radical (unpaired) electrons. The fourth-order valence-electron chi connectivity index (χ4n) is 6.95. The van der Waals surface area contributed by atoms with Crippen LogP contribution in [0.4, 0.5) is 0 Å². The number of hydrogen-bond acceptors (Lipinski definition) is 0. The molecule has 32 heavy (non-hydrogen) atoms. The Morgan fingerprint density at radius 2 is 1.56 bits per heavy atom. The molecule has 0 spiro atoms. The van der Waals surface area contributed by atoms with E-state index in [1.54, 1.807) is 11.1 Å². The predicted molar refractivity (Wildman–Crippen MR) is 149 cm³/mol. The van der Waals surface area contributed by atoms with Crippen LogP contribution in [-0.2, 0) is 0 Å². The van der Waals surface area contributed by atoms with Gasteiger partial charge in [0.15, 0.2) is 0 Å². The Labute approximate surface area is 203 Å². The van der Waals surface area contributed by atoms with Crippen LogP contribution in [0.1, 0.15) is 128 Å². The van der Waals surface area contributed by atoms with Crippen LogP contribution in [-0.4, -0.2) is 0 Å². The molecule has 4 aliphatic rings. The highest BCUT2D eigenvalue weighted by atomic mass is 14.6. The molecule has 1 fully saturated rings. The first kappa shape index (κ1) is 31.0. The maximum Gasteiger partial charge on any atom is 0.0127 e. The van der Waals surface area contributed by atoms with E-state index in [4.69, 9.17) is 0 Å². The average Bonchev–Trinajstić information content (AvgIpc) is 3.05. The average molecular weight is 443 g/mol. The van der Waals surface area contributed by atoms with E-state index >= 15 is 0 Å². The zero-order valence-corrected chi connectivity index (χ0v) is 22.9. The smallest absolute Gasteiger partial charge is 0.0127 e. The van der Waals surface area contributed by atoms with Gasteiger partial charge in [-0.15, -0.1) is 13.2 Å². The van der Waals surface area contributed by atoms with E-state index in [2.05, 4.69) is 53.0 Å². The molecule has 0 aliphatic heterocycles. The molecule has 0 aromatic rings. The lowest BCUT2D eigenvalue weighted by atomic mass is 9.46. The summed E-state index contributed by atoms with van der Waals surface area (Å²) in [6, 6.07) is 0. The van der Waals surface area contributed by atoms with Crippen molar-refractivity contribution in [3.05, 3.63) is 47.6 Å². The molecule has 0 heterocycles. The van der Waals surface area contributed by atoms with Gasteiger partial charge in [-0.2, -0.15) is 0 Å². The van der Waals surface area contributed by atoms with Gasteiger partial charge < -0.3 is 0 Å². The molecular formula is C32H58. The summed E-state index contributed by atoms with van der Waals surface area (Å²) in [5, 5.41) is 0. The Morgan fingerprint density at radius 1 is 1.00 bits per heavy atom. The van der Waals surface area contributed by atoms with Gasteiger partial charge in [-0.25, -0.2) is 0 Å². The molecule has 0 aromatic heterocycles. The minimum atomic E-state index is 0. The summed E-state index contributed by atoms with van der Waals surface area (Å²) in [7, 11) is 0. The zero-order chi connectivity index (χ0) is 24.0. The molecular weight excluding hydrogens is 384 g/mol. The first-order valence-corrected chi connectivity index (χ1v) is 13.3. The van der Waals surface area contributed by atoms with Crippen molar-refractivity contribution in [3.8, 4) is 0 Å². The van der Waals surface area contributed by atoms with Crippen LogP contribution in [0.15, 0.2) is 47.6 Å². The summed E-state index contributed by atoms with van der Waals surface area (Å²) in [6.45, 7) is 29.9. The molecule has 0 aromatic carbocycles. The first-order valence-electron chi connectivity index (χ1n) is 13.3. The summed E-state index contributed by atoms with van der Waals surface area (Å²) >= 11 is 0. The molecule has 186 valence electrons. The first-order chi connectivity index (χ1) is 14.6. The molecule has 0 N–H and O–H groups in total. The van der Waals surface area contributed by atoms with Gasteiger partial charge in [-0.1, -0.05) is 92.5 Å². The van der Waals surface area contributed by atoms with Crippen LogP contribution in [0.5, 0.6) is 0 Å². The normalized spacial score (nSPS) is 33.5. The Balaban J connectivity index is 0.000000949. The van der Waals surface area contributed by atoms with E-state index < -0.39 is 0 Å². The fraction of sp³-hybridized carbons (Fsp3) is 0.750. The SMILES string of the molecule is C.C=C(C)C.C=CC12CCCC(C)(C)C1CCC1=C2CCC2(C)C1=CCC2C.CC.CC. The zero-order valence-electron chi connectivity index (χ0n) is 22.9. The van der Waals surface area contributed by atoms with Crippen molar-refractivity contribution in [2.75, 3.05) is 0 Å². The Bertz CT molecular complexity index is 681. The van der Waals surface area contributed by atoms with Crippen LogP contribution in [0.2, 0.25) is 0 Å². The highest BCUT2D eigenvalue weighted by Crippen LogP contribution is 2.66. The Hall–Kier alpha value is -1.04. The summed E-state index contributed by atoms with van der Waals surface area (Å²) < 4.78 is 0. The second-order valence-corrected chi connectivity index (χ2v) is 11.0. The quantitative estimate of drug-likeness (QED) is 0.354. The highest BCUT2D eigenvalue weighted by Gasteiger charge is 2.55. The van der Waals surface area contributed by atoms with Gasteiger partial charge in [0.25, 0.3) is 0 Å². The van der Waals surface area contributed by atoms with Crippen molar-refractivity contribution in [2.24, 2.45) is 28.1 Å². The molecule has 4 atom stereocenters. The highest BCUT2D eigenvalue weighted by molar-refractivity contribution is 5.51. The van der Waals surface area contributed by atoms with Gasteiger partial charge in [0, 0.05) is 5.41 Å². The van der Waals surface area contributed by atoms with E-state index in [-0.39, 0.29) is 7.43 Å². The molecule has 0 saturated heterocycles. The van der Waals surface area contributed by atoms with Crippen LogP contribution < -0.4 is 0 Å². The third kappa shape index (κ3) is 5.53. The second-order valence-electron chi connectivity index (χ2n) is 11.0. The fourth-order valence-corrected chi connectivity index (χ4v) is 6.95. The van der Waals surface area contributed by atoms with Gasteiger partial charge >= 0.3 is 0 Å². The number of allylic oxidation sites excluding steroid dienone is 6. The summed E-state index contributed by atoms with van der Waals surface area (Å²) in [6.07, 6.45) is 15.8. The van der Waals surface area contributed by atoms with Gasteiger partial charge in [0.1, 0.15) is 0 Å². The number of rotatable bonds is 1. The summed E-state index contributed by atoms with van der Waals surface area (Å²) in [5.41, 5.74) is 7.74. The molecule has 0 bridgehead atoms. The largest absolute Gasteiger partial charge is 0.102 e. The minimum absolute atomic E-state index is 0. The molecule has 0 nitrogen and oxygen atoms in total. The van der Waals surface area contributed by atoms with Crippen LogP contribution in [0, 0.1) is 28.1 Å². The monoisotopic (exact) mass is 442 g/mol. The molecule has 0 amide bonds. The van der Waals surface area contributed by atoms with Crippen molar-refractivity contribution < 1.29 is 0 Å². The summed E-state index contributed by atoms with van der Waals surface area (Å²) in [5.74, 6) is 1.63. The van der Waals surface area contributed by atoms with Crippen molar-refractivity contribution in [1.82, 2.24) is 0 Å². The molecule has 4 rings (SSSR count). The lowest BCUT2D eigenvalue weighted by molar-refractivity contribution is 0.0258. The maximum absolute atomic E-state index is 4.38. The number of hydrogen-bond donors (Lipinski definition) is 0. The third-order valence-corrected chi connectivity index (χ3v) is 8.55. The lowest BCUT2D eigenvalue weighted by Crippen LogP contribution is -2.48. The molecule has 4 unspecified atom stereocenters. The third-order valence-electron chi connectivity index (χ3n) is 8.55. The van der Waals surface area contributed by atoms with Gasteiger partial charge in [0.05, 0.1) is 0 Å². The van der Waals surface area contributed by atoms with Gasteiger partial charge in [-0.3, -0.25) is 0 Å². The second kappa shape index (κ2) is 12.4. The lowest BCUT2D eigenvalue weighted by Gasteiger charge is -2.58. The van der Waals surface area contributed by atoms with Crippen LogP contribution in [0.25, 0.3) is 0 Å². The van der Waals surface area contributed by atoms with Crippen molar-refractivity contribution in [1.29, 1.82) is 0 Å². The molecule has 0 heteroatoms. The van der Waals surface area contributed by atoms with E-state index in [9.17, 15) is 0 Å². The Kier molecular flexibility index (Phi) is 12.0. The van der Waals surface area contributed by atoms with Crippen molar-refractivity contribution >= 4 is 0 Å². The topological polar surface area (TPSA) is 0 Å². The van der Waals surface area contributed by atoms with Crippen LogP contribution in [0.3, 0.4) is 0 Å². The Morgan fingerprint density at radius 3 is 2.09 bits per heavy atom.